The third-order valence-corrected chi connectivity index (χ3v) is 3.34. The second kappa shape index (κ2) is 6.07. The van der Waals surface area contributed by atoms with Gasteiger partial charge in [0.15, 0.2) is 0 Å². The molecule has 0 saturated heterocycles. The lowest BCUT2D eigenvalue weighted by atomic mass is 10.1. The van der Waals surface area contributed by atoms with Crippen LogP contribution in [0, 0.1) is 5.82 Å². The minimum atomic E-state index is -0.485. The Morgan fingerprint density at radius 1 is 1.65 bits per heavy atom. The van der Waals surface area contributed by atoms with Gasteiger partial charge < -0.3 is 11.1 Å². The van der Waals surface area contributed by atoms with E-state index >= 15 is 0 Å². The fourth-order valence-electron chi connectivity index (χ4n) is 1.29. The van der Waals surface area contributed by atoms with Crippen LogP contribution in [0.15, 0.2) is 22.7 Å². The zero-order chi connectivity index (χ0) is 13.0. The first-order valence-corrected chi connectivity index (χ1v) is 6.21. The van der Waals surface area contributed by atoms with Crippen molar-refractivity contribution >= 4 is 39.0 Å². The number of carbonyl (C=O) groups excluding carboxylic acids is 1. The maximum Gasteiger partial charge on any atom is 0.253 e. The zero-order valence-corrected chi connectivity index (χ0v) is 11.6. The van der Waals surface area contributed by atoms with Crippen molar-refractivity contribution in [3.05, 3.63) is 34.1 Å². The lowest BCUT2D eigenvalue weighted by Gasteiger charge is -2.15. The summed E-state index contributed by atoms with van der Waals surface area (Å²) in [6, 6.07) is 3.88. The maximum atomic E-state index is 13.2. The van der Waals surface area contributed by atoms with E-state index in [1.807, 2.05) is 6.92 Å². The van der Waals surface area contributed by atoms with Gasteiger partial charge in [0.2, 0.25) is 0 Å². The van der Waals surface area contributed by atoms with E-state index in [9.17, 15) is 9.18 Å². The van der Waals surface area contributed by atoms with Crippen LogP contribution in [0.3, 0.4) is 0 Å². The minimum absolute atomic E-state index is 0.135. The van der Waals surface area contributed by atoms with Crippen molar-refractivity contribution in [1.82, 2.24) is 5.32 Å². The van der Waals surface area contributed by atoms with E-state index in [2.05, 4.69) is 21.2 Å². The monoisotopic (exact) mass is 318 g/mol. The fraction of sp³-hybridized carbons (Fsp3) is 0.273. The van der Waals surface area contributed by atoms with Gasteiger partial charge in [-0.3, -0.25) is 4.79 Å². The lowest BCUT2D eigenvalue weighted by molar-refractivity contribution is 0.0945. The number of nitrogens with two attached hydrogens (primary N) is 1. The molecule has 0 aliphatic carbocycles. The van der Waals surface area contributed by atoms with Gasteiger partial charge in [-0.2, -0.15) is 0 Å². The van der Waals surface area contributed by atoms with Crippen LogP contribution in [0.5, 0.6) is 0 Å². The van der Waals surface area contributed by atoms with Gasteiger partial charge in [0.1, 0.15) is 5.82 Å². The van der Waals surface area contributed by atoms with Crippen LogP contribution in [-0.4, -0.2) is 16.9 Å². The summed E-state index contributed by atoms with van der Waals surface area (Å²) in [6.45, 7) is 1.85. The second-order valence-corrected chi connectivity index (χ2v) is 4.70. The molecule has 1 amide bonds. The molecule has 0 radical (unpaired) electrons. The van der Waals surface area contributed by atoms with Gasteiger partial charge in [-0.05, 0) is 34.5 Å². The third kappa shape index (κ3) is 3.47. The number of hydrogen-bond acceptors (Lipinski definition) is 2. The number of amides is 1. The largest absolute Gasteiger partial charge is 0.392 e. The molecule has 1 aromatic rings. The normalized spacial score (nSPS) is 11.9. The zero-order valence-electron chi connectivity index (χ0n) is 9.17. The number of halogens is 2. The molecule has 92 valence electrons. The van der Waals surface area contributed by atoms with E-state index < -0.39 is 11.7 Å². The van der Waals surface area contributed by atoms with Crippen molar-refractivity contribution < 1.29 is 9.18 Å². The summed E-state index contributed by atoms with van der Waals surface area (Å²) in [5.41, 5.74) is 5.69. The van der Waals surface area contributed by atoms with Gasteiger partial charge >= 0.3 is 0 Å². The van der Waals surface area contributed by atoms with Crippen molar-refractivity contribution in [1.29, 1.82) is 0 Å². The Bertz CT molecular complexity index is 453. The molecule has 0 aliphatic rings. The first kappa shape index (κ1) is 14.1. The van der Waals surface area contributed by atoms with Gasteiger partial charge in [0.25, 0.3) is 5.91 Å². The molecule has 0 saturated carbocycles. The second-order valence-electron chi connectivity index (χ2n) is 3.44. The molecular formula is C11H12BrFN2OS. The summed E-state index contributed by atoms with van der Waals surface area (Å²) in [6.07, 6.45) is 0.591. The molecular weight excluding hydrogens is 307 g/mol. The molecule has 3 nitrogen and oxygen atoms in total. The van der Waals surface area contributed by atoms with Crippen LogP contribution in [0.2, 0.25) is 0 Å². The Morgan fingerprint density at radius 2 is 2.29 bits per heavy atom. The molecule has 1 rings (SSSR count). The molecule has 0 fully saturated rings. The van der Waals surface area contributed by atoms with E-state index in [0.717, 1.165) is 0 Å². The summed E-state index contributed by atoms with van der Waals surface area (Å²) in [7, 11) is 0. The highest BCUT2D eigenvalue weighted by atomic mass is 79.9. The molecule has 0 aromatic heterocycles. The number of nitrogens with one attached hydrogen (secondary N) is 1. The molecule has 1 aromatic carbocycles. The standard InChI is InChI=1S/C11H12BrFN2OS/c1-2-8(10(14)17)15-11(16)6-4-3-5-7(13)9(6)12/h3-5,8H,2H2,1H3,(H2,14,17)(H,15,16). The smallest absolute Gasteiger partial charge is 0.253 e. The lowest BCUT2D eigenvalue weighted by Crippen LogP contribution is -2.43. The Hall–Kier alpha value is -1.01. The minimum Gasteiger partial charge on any atom is -0.392 e. The molecule has 1 atom stereocenters. The van der Waals surface area contributed by atoms with E-state index in [-0.39, 0.29) is 21.1 Å². The predicted octanol–water partition coefficient (Wildman–Crippen LogP) is 2.38. The first-order valence-electron chi connectivity index (χ1n) is 5.01. The fourth-order valence-corrected chi connectivity index (χ4v) is 1.96. The van der Waals surface area contributed by atoms with Crippen LogP contribution in [0.25, 0.3) is 0 Å². The number of rotatable bonds is 4. The summed E-state index contributed by atoms with van der Waals surface area (Å²) in [4.78, 5) is 12.1. The summed E-state index contributed by atoms with van der Waals surface area (Å²) < 4.78 is 13.4. The van der Waals surface area contributed by atoms with Crippen LogP contribution in [-0.2, 0) is 0 Å². The van der Waals surface area contributed by atoms with Crippen LogP contribution in [0.1, 0.15) is 23.7 Å². The molecule has 0 spiro atoms. The van der Waals surface area contributed by atoms with E-state index in [0.29, 0.717) is 6.42 Å². The number of carbonyl (C=O) groups is 1. The topological polar surface area (TPSA) is 55.1 Å². The molecule has 0 heterocycles. The third-order valence-electron chi connectivity index (χ3n) is 2.25. The highest BCUT2D eigenvalue weighted by molar-refractivity contribution is 9.10. The maximum absolute atomic E-state index is 13.2. The van der Waals surface area contributed by atoms with Gasteiger partial charge in [-0.15, -0.1) is 0 Å². The number of hydrogen-bond donors (Lipinski definition) is 2. The Labute approximate surface area is 113 Å². The van der Waals surface area contributed by atoms with E-state index in [1.54, 1.807) is 0 Å². The number of thiocarbonyl (C=S) groups is 1. The summed E-state index contributed by atoms with van der Waals surface area (Å²) in [5, 5.41) is 2.65. The highest BCUT2D eigenvalue weighted by Gasteiger charge is 2.17. The van der Waals surface area contributed by atoms with Crippen molar-refractivity contribution in [2.24, 2.45) is 5.73 Å². The van der Waals surface area contributed by atoms with Gasteiger partial charge in [0, 0.05) is 0 Å². The van der Waals surface area contributed by atoms with Gasteiger partial charge in [-0.1, -0.05) is 25.2 Å². The summed E-state index contributed by atoms with van der Waals surface area (Å²) >= 11 is 7.85. The van der Waals surface area contributed by atoms with Crippen molar-refractivity contribution in [3.8, 4) is 0 Å². The quantitative estimate of drug-likeness (QED) is 0.838. The molecule has 1 unspecified atom stereocenters. The predicted molar refractivity (Wildman–Crippen MR) is 72.4 cm³/mol. The van der Waals surface area contributed by atoms with Crippen molar-refractivity contribution in [3.63, 3.8) is 0 Å². The van der Waals surface area contributed by atoms with Crippen LogP contribution < -0.4 is 11.1 Å². The van der Waals surface area contributed by atoms with Crippen molar-refractivity contribution in [2.75, 3.05) is 0 Å². The molecule has 6 heteroatoms. The average Bonchev–Trinajstić information content (AvgIpc) is 2.28. The SMILES string of the molecule is CCC(NC(=O)c1cccc(F)c1Br)C(N)=S. The average molecular weight is 319 g/mol. The Balaban J connectivity index is 2.90. The molecule has 3 N–H and O–H groups in total. The summed E-state index contributed by atoms with van der Waals surface area (Å²) in [5.74, 6) is -0.892. The number of benzene rings is 1. The van der Waals surface area contributed by atoms with Crippen LogP contribution >= 0.6 is 28.1 Å². The molecule has 17 heavy (non-hydrogen) atoms. The molecule has 0 bridgehead atoms. The van der Waals surface area contributed by atoms with E-state index in [1.165, 1.54) is 18.2 Å². The Kier molecular flexibility index (Phi) is 5.02. The van der Waals surface area contributed by atoms with Gasteiger partial charge in [0.05, 0.1) is 21.1 Å². The Morgan fingerprint density at radius 3 is 2.82 bits per heavy atom. The highest BCUT2D eigenvalue weighted by Crippen LogP contribution is 2.20. The van der Waals surface area contributed by atoms with E-state index in [4.69, 9.17) is 18.0 Å². The molecule has 0 aliphatic heterocycles. The van der Waals surface area contributed by atoms with Gasteiger partial charge in [-0.25, -0.2) is 4.39 Å². The first-order chi connectivity index (χ1) is 7.97. The van der Waals surface area contributed by atoms with Crippen molar-refractivity contribution in [2.45, 2.75) is 19.4 Å². The van der Waals surface area contributed by atoms with Crippen LogP contribution in [0.4, 0.5) is 4.39 Å².